The number of carbonyl (C=O) groups is 2. The minimum Gasteiger partial charge on any atom is -0.478 e. The summed E-state index contributed by atoms with van der Waals surface area (Å²) in [4.78, 5) is 22.6. The van der Waals surface area contributed by atoms with Gasteiger partial charge in [-0.3, -0.25) is 0 Å². The lowest BCUT2D eigenvalue weighted by Gasteiger charge is -2.07. The molecular formula is C14H8BrFO4. The molecule has 2 aromatic rings. The van der Waals surface area contributed by atoms with Crippen molar-refractivity contribution in [2.45, 2.75) is 0 Å². The molecule has 0 aliphatic heterocycles. The summed E-state index contributed by atoms with van der Waals surface area (Å²) in [6.07, 6.45) is 0. The summed E-state index contributed by atoms with van der Waals surface area (Å²) in [5.74, 6) is -2.01. The molecule has 0 saturated heterocycles. The molecule has 0 radical (unpaired) electrons. The Bertz CT molecular complexity index is 667. The first kappa shape index (κ1) is 14.2. The maximum Gasteiger partial charge on any atom is 0.343 e. The van der Waals surface area contributed by atoms with E-state index in [-0.39, 0.29) is 16.9 Å². The van der Waals surface area contributed by atoms with Gasteiger partial charge in [-0.25, -0.2) is 14.0 Å². The number of ether oxygens (including phenoxy) is 1. The molecule has 0 bridgehead atoms. The number of hydrogen-bond donors (Lipinski definition) is 1. The van der Waals surface area contributed by atoms with E-state index in [4.69, 9.17) is 9.84 Å². The number of benzene rings is 2. The molecule has 0 aromatic heterocycles. The van der Waals surface area contributed by atoms with Gasteiger partial charge >= 0.3 is 11.9 Å². The molecule has 0 aliphatic rings. The molecule has 0 atom stereocenters. The van der Waals surface area contributed by atoms with Crippen molar-refractivity contribution in [2.24, 2.45) is 0 Å². The average molecular weight is 339 g/mol. The van der Waals surface area contributed by atoms with Gasteiger partial charge in [-0.15, -0.1) is 0 Å². The molecule has 0 spiro atoms. The van der Waals surface area contributed by atoms with Crippen LogP contribution in [0.3, 0.4) is 0 Å². The van der Waals surface area contributed by atoms with Gasteiger partial charge < -0.3 is 9.84 Å². The van der Waals surface area contributed by atoms with Crippen LogP contribution in [0.25, 0.3) is 0 Å². The maximum atomic E-state index is 12.7. The third-order valence-corrected chi connectivity index (χ3v) is 3.08. The van der Waals surface area contributed by atoms with E-state index in [1.54, 1.807) is 0 Å². The quantitative estimate of drug-likeness (QED) is 0.687. The van der Waals surface area contributed by atoms with Crippen LogP contribution in [0, 0.1) is 5.82 Å². The number of aromatic carboxylic acids is 1. The standard InChI is InChI=1S/C14H8BrFO4/c15-11-7-9(13(17)18)3-6-12(11)20-14(19)8-1-4-10(16)5-2-8/h1-7H,(H,17,18). The third-order valence-electron chi connectivity index (χ3n) is 2.46. The minimum atomic E-state index is -1.08. The first-order valence-corrected chi connectivity index (χ1v) is 6.27. The monoisotopic (exact) mass is 338 g/mol. The average Bonchev–Trinajstić information content (AvgIpc) is 2.41. The number of esters is 1. The molecule has 0 heterocycles. The Morgan fingerprint density at radius 1 is 1.05 bits per heavy atom. The summed E-state index contributed by atoms with van der Waals surface area (Å²) in [6.45, 7) is 0. The van der Waals surface area contributed by atoms with E-state index in [1.165, 1.54) is 30.3 Å². The maximum absolute atomic E-state index is 12.7. The molecule has 0 aliphatic carbocycles. The van der Waals surface area contributed by atoms with Crippen molar-refractivity contribution in [2.75, 3.05) is 0 Å². The predicted molar refractivity (Wildman–Crippen MR) is 72.5 cm³/mol. The van der Waals surface area contributed by atoms with Crippen LogP contribution >= 0.6 is 15.9 Å². The highest BCUT2D eigenvalue weighted by molar-refractivity contribution is 9.10. The summed E-state index contributed by atoms with van der Waals surface area (Å²) in [7, 11) is 0. The second-order valence-corrected chi connectivity index (χ2v) is 4.70. The van der Waals surface area contributed by atoms with Crippen molar-refractivity contribution < 1.29 is 23.8 Å². The number of carbonyl (C=O) groups excluding carboxylic acids is 1. The number of rotatable bonds is 3. The van der Waals surface area contributed by atoms with E-state index in [2.05, 4.69) is 15.9 Å². The lowest BCUT2D eigenvalue weighted by molar-refractivity contribution is 0.0696. The second-order valence-electron chi connectivity index (χ2n) is 3.85. The molecule has 0 saturated carbocycles. The summed E-state index contributed by atoms with van der Waals surface area (Å²) >= 11 is 3.13. The van der Waals surface area contributed by atoms with Crippen LogP contribution in [0.2, 0.25) is 0 Å². The normalized spacial score (nSPS) is 10.1. The van der Waals surface area contributed by atoms with Crippen LogP contribution in [0.5, 0.6) is 5.75 Å². The van der Waals surface area contributed by atoms with E-state index in [0.29, 0.717) is 4.47 Å². The number of carboxylic acids is 1. The molecule has 20 heavy (non-hydrogen) atoms. The molecule has 102 valence electrons. The summed E-state index contributed by atoms with van der Waals surface area (Å²) < 4.78 is 18.2. The van der Waals surface area contributed by atoms with Crippen LogP contribution in [-0.4, -0.2) is 17.0 Å². The zero-order valence-electron chi connectivity index (χ0n) is 9.97. The van der Waals surface area contributed by atoms with Crippen LogP contribution in [0.1, 0.15) is 20.7 Å². The van der Waals surface area contributed by atoms with Gasteiger partial charge in [0.1, 0.15) is 11.6 Å². The van der Waals surface area contributed by atoms with Crippen molar-refractivity contribution in [3.63, 3.8) is 0 Å². The smallest absolute Gasteiger partial charge is 0.343 e. The van der Waals surface area contributed by atoms with Gasteiger partial charge in [-0.1, -0.05) is 0 Å². The van der Waals surface area contributed by atoms with E-state index in [0.717, 1.165) is 12.1 Å². The third kappa shape index (κ3) is 3.21. The fraction of sp³-hybridized carbons (Fsp3) is 0. The molecule has 6 heteroatoms. The number of carboxylic acid groups (broad SMARTS) is 1. The van der Waals surface area contributed by atoms with Gasteiger partial charge in [-0.05, 0) is 58.4 Å². The highest BCUT2D eigenvalue weighted by atomic mass is 79.9. The Hall–Kier alpha value is -2.21. The molecular weight excluding hydrogens is 331 g/mol. The molecule has 0 fully saturated rings. The highest BCUT2D eigenvalue weighted by Gasteiger charge is 2.13. The van der Waals surface area contributed by atoms with Gasteiger partial charge in [0.2, 0.25) is 0 Å². The predicted octanol–water partition coefficient (Wildman–Crippen LogP) is 3.51. The van der Waals surface area contributed by atoms with Crippen molar-refractivity contribution in [3.05, 3.63) is 63.9 Å². The van der Waals surface area contributed by atoms with Gasteiger partial charge in [0.25, 0.3) is 0 Å². The van der Waals surface area contributed by atoms with Crippen LogP contribution < -0.4 is 4.74 Å². The van der Waals surface area contributed by atoms with Crippen molar-refractivity contribution in [1.82, 2.24) is 0 Å². The van der Waals surface area contributed by atoms with Crippen LogP contribution in [0.15, 0.2) is 46.9 Å². The Labute approximate surface area is 121 Å². The Morgan fingerprint density at radius 3 is 2.20 bits per heavy atom. The first-order valence-electron chi connectivity index (χ1n) is 5.48. The molecule has 1 N–H and O–H groups in total. The van der Waals surface area contributed by atoms with E-state index in [9.17, 15) is 14.0 Å². The molecule has 0 unspecified atom stereocenters. The summed E-state index contributed by atoms with van der Waals surface area (Å²) in [6, 6.07) is 8.93. The Balaban J connectivity index is 2.19. The summed E-state index contributed by atoms with van der Waals surface area (Å²) in [5, 5.41) is 8.82. The van der Waals surface area contributed by atoms with Gasteiger partial charge in [0.15, 0.2) is 0 Å². The van der Waals surface area contributed by atoms with Crippen LogP contribution in [-0.2, 0) is 0 Å². The second kappa shape index (κ2) is 5.83. The van der Waals surface area contributed by atoms with Crippen molar-refractivity contribution in [3.8, 4) is 5.75 Å². The Morgan fingerprint density at radius 2 is 1.65 bits per heavy atom. The largest absolute Gasteiger partial charge is 0.478 e. The van der Waals surface area contributed by atoms with E-state index >= 15 is 0 Å². The number of hydrogen-bond acceptors (Lipinski definition) is 3. The van der Waals surface area contributed by atoms with Crippen molar-refractivity contribution >= 4 is 27.9 Å². The lowest BCUT2D eigenvalue weighted by atomic mass is 10.2. The molecule has 2 rings (SSSR count). The summed E-state index contributed by atoms with van der Waals surface area (Å²) in [5.41, 5.74) is 0.263. The molecule has 4 nitrogen and oxygen atoms in total. The lowest BCUT2D eigenvalue weighted by Crippen LogP contribution is -2.09. The zero-order valence-corrected chi connectivity index (χ0v) is 11.6. The highest BCUT2D eigenvalue weighted by Crippen LogP contribution is 2.26. The van der Waals surface area contributed by atoms with Crippen molar-refractivity contribution in [1.29, 1.82) is 0 Å². The topological polar surface area (TPSA) is 63.6 Å². The fourth-order valence-corrected chi connectivity index (χ4v) is 1.92. The Kier molecular flexibility index (Phi) is 4.14. The SMILES string of the molecule is O=C(O)c1ccc(OC(=O)c2ccc(F)cc2)c(Br)c1. The van der Waals surface area contributed by atoms with Gasteiger partial charge in [0.05, 0.1) is 15.6 Å². The fourth-order valence-electron chi connectivity index (χ4n) is 1.46. The number of halogens is 2. The van der Waals surface area contributed by atoms with E-state index < -0.39 is 17.8 Å². The molecule has 2 aromatic carbocycles. The minimum absolute atomic E-state index is 0.0680. The van der Waals surface area contributed by atoms with Crippen LogP contribution in [0.4, 0.5) is 4.39 Å². The van der Waals surface area contributed by atoms with E-state index in [1.807, 2.05) is 0 Å². The zero-order chi connectivity index (χ0) is 14.7. The van der Waals surface area contributed by atoms with Gasteiger partial charge in [-0.2, -0.15) is 0 Å². The van der Waals surface area contributed by atoms with Gasteiger partial charge in [0, 0.05) is 0 Å². The first-order chi connectivity index (χ1) is 9.47. The molecule has 0 amide bonds.